The summed E-state index contributed by atoms with van der Waals surface area (Å²) in [5.74, 6) is 0. The van der Waals surface area contributed by atoms with Gasteiger partial charge in [0.05, 0.1) is 21.5 Å². The van der Waals surface area contributed by atoms with Crippen LogP contribution in [0.4, 0.5) is 17.1 Å². The lowest BCUT2D eigenvalue weighted by atomic mass is 9.97. The van der Waals surface area contributed by atoms with Crippen LogP contribution in [0.5, 0.6) is 0 Å². The second-order valence-electron chi connectivity index (χ2n) is 12.1. The predicted octanol–water partition coefficient (Wildman–Crippen LogP) is 13.4. The lowest BCUT2D eigenvalue weighted by Gasteiger charge is -2.27. The van der Waals surface area contributed by atoms with Crippen LogP contribution in [-0.4, -0.2) is 0 Å². The van der Waals surface area contributed by atoms with Crippen molar-refractivity contribution < 1.29 is 4.42 Å². The number of nitrogens with zero attached hydrogens (tertiary/aromatic N) is 1. The third-order valence-corrected chi connectivity index (χ3v) is 10.6. The standard InChI is InChI=1S/C44H27NOS/c1-3-16-32-28(11-1)13-8-19-33(32)30-14-7-15-31(27-30)45(39-22-9-20-36-35-18-5-6-24-41(35)47-44(36)39)38-21-10-23-40-42(38)37-26-25-29-12-2-4-17-34(29)43(37)46-40/h1-27H. The first-order valence-corrected chi connectivity index (χ1v) is 16.7. The highest BCUT2D eigenvalue weighted by Gasteiger charge is 2.23. The lowest BCUT2D eigenvalue weighted by molar-refractivity contribution is 0.672. The van der Waals surface area contributed by atoms with Gasteiger partial charge < -0.3 is 9.32 Å². The number of hydrogen-bond donors (Lipinski definition) is 0. The Kier molecular flexibility index (Phi) is 5.78. The molecule has 10 rings (SSSR count). The minimum atomic E-state index is 0.882. The molecule has 10 aromatic rings. The monoisotopic (exact) mass is 617 g/mol. The van der Waals surface area contributed by atoms with Crippen LogP contribution in [0.3, 0.4) is 0 Å². The van der Waals surface area contributed by atoms with Crippen molar-refractivity contribution in [2.45, 2.75) is 0 Å². The molecule has 2 nitrogen and oxygen atoms in total. The summed E-state index contributed by atoms with van der Waals surface area (Å²) in [6, 6.07) is 59.0. The van der Waals surface area contributed by atoms with Crippen molar-refractivity contribution in [1.82, 2.24) is 0 Å². The first-order valence-electron chi connectivity index (χ1n) is 15.9. The molecule has 3 heteroatoms. The number of rotatable bonds is 4. The van der Waals surface area contributed by atoms with Gasteiger partial charge in [-0.2, -0.15) is 0 Å². The van der Waals surface area contributed by atoms with Crippen LogP contribution >= 0.6 is 11.3 Å². The van der Waals surface area contributed by atoms with Gasteiger partial charge in [-0.05, 0) is 69.8 Å². The minimum Gasteiger partial charge on any atom is -0.455 e. The van der Waals surface area contributed by atoms with Gasteiger partial charge in [0.15, 0.2) is 0 Å². The molecule has 0 aliphatic rings. The number of furan rings is 1. The molecule has 0 amide bonds. The minimum absolute atomic E-state index is 0.882. The molecule has 0 atom stereocenters. The van der Waals surface area contributed by atoms with Gasteiger partial charge in [0.25, 0.3) is 0 Å². The fraction of sp³-hybridized carbons (Fsp3) is 0. The Hall–Kier alpha value is -5.90. The molecule has 0 N–H and O–H groups in total. The topological polar surface area (TPSA) is 16.4 Å². The molecule has 8 aromatic carbocycles. The molecule has 2 heterocycles. The highest BCUT2D eigenvalue weighted by Crippen LogP contribution is 2.49. The highest BCUT2D eigenvalue weighted by molar-refractivity contribution is 7.26. The van der Waals surface area contributed by atoms with Gasteiger partial charge in [-0.25, -0.2) is 0 Å². The molecule has 0 spiro atoms. The summed E-state index contributed by atoms with van der Waals surface area (Å²) in [5, 5.41) is 9.59. The van der Waals surface area contributed by atoms with Gasteiger partial charge in [-0.15, -0.1) is 11.3 Å². The van der Waals surface area contributed by atoms with E-state index in [1.54, 1.807) is 0 Å². The molecule has 0 fully saturated rings. The van der Waals surface area contributed by atoms with Crippen molar-refractivity contribution in [3.8, 4) is 11.1 Å². The molecule has 2 aromatic heterocycles. The number of anilines is 3. The molecule has 0 saturated heterocycles. The van der Waals surface area contributed by atoms with Crippen LogP contribution in [0.15, 0.2) is 168 Å². The predicted molar refractivity (Wildman–Crippen MR) is 202 cm³/mol. The second kappa shape index (κ2) is 10.3. The molecular formula is C44H27NOS. The van der Waals surface area contributed by atoms with Crippen molar-refractivity contribution >= 4 is 92.1 Å². The smallest absolute Gasteiger partial charge is 0.143 e. The van der Waals surface area contributed by atoms with Crippen molar-refractivity contribution in [2.24, 2.45) is 0 Å². The number of hydrogen-bond acceptors (Lipinski definition) is 3. The largest absolute Gasteiger partial charge is 0.455 e. The Morgan fingerprint density at radius 2 is 1.15 bits per heavy atom. The number of fused-ring (bicyclic) bond motifs is 9. The highest BCUT2D eigenvalue weighted by atomic mass is 32.1. The zero-order chi connectivity index (χ0) is 30.9. The normalized spacial score (nSPS) is 11.8. The second-order valence-corrected chi connectivity index (χ2v) is 13.1. The lowest BCUT2D eigenvalue weighted by Crippen LogP contribution is -2.10. The fourth-order valence-corrected chi connectivity index (χ4v) is 8.53. The summed E-state index contributed by atoms with van der Waals surface area (Å²) in [6.45, 7) is 0. The summed E-state index contributed by atoms with van der Waals surface area (Å²) in [4.78, 5) is 2.44. The van der Waals surface area contributed by atoms with E-state index in [0.717, 1.165) is 44.4 Å². The van der Waals surface area contributed by atoms with E-state index >= 15 is 0 Å². The molecule has 0 aliphatic carbocycles. The first kappa shape index (κ1) is 26.3. The van der Waals surface area contributed by atoms with Crippen LogP contribution < -0.4 is 4.90 Å². The Morgan fingerprint density at radius 3 is 2.06 bits per heavy atom. The molecule has 0 unspecified atom stereocenters. The quantitative estimate of drug-likeness (QED) is 0.195. The summed E-state index contributed by atoms with van der Waals surface area (Å²) in [5.41, 5.74) is 7.56. The van der Waals surface area contributed by atoms with Crippen LogP contribution in [0.1, 0.15) is 0 Å². The van der Waals surface area contributed by atoms with Gasteiger partial charge in [0.2, 0.25) is 0 Å². The Bertz CT molecular complexity index is 2820. The van der Waals surface area contributed by atoms with E-state index in [4.69, 9.17) is 4.42 Å². The Balaban J connectivity index is 1.29. The van der Waals surface area contributed by atoms with E-state index in [2.05, 4.69) is 169 Å². The van der Waals surface area contributed by atoms with Gasteiger partial charge in [-0.3, -0.25) is 0 Å². The maximum absolute atomic E-state index is 6.68. The van der Waals surface area contributed by atoms with Crippen molar-refractivity contribution in [2.75, 3.05) is 4.90 Å². The van der Waals surface area contributed by atoms with Crippen molar-refractivity contribution in [3.05, 3.63) is 164 Å². The Morgan fingerprint density at radius 1 is 0.468 bits per heavy atom. The van der Waals surface area contributed by atoms with Crippen LogP contribution in [0, 0.1) is 0 Å². The van der Waals surface area contributed by atoms with E-state index in [1.165, 1.54) is 47.5 Å². The zero-order valence-electron chi connectivity index (χ0n) is 25.4. The third kappa shape index (κ3) is 4.04. The fourth-order valence-electron chi connectivity index (χ4n) is 7.33. The van der Waals surface area contributed by atoms with Gasteiger partial charge in [-0.1, -0.05) is 121 Å². The van der Waals surface area contributed by atoms with E-state index in [1.807, 2.05) is 11.3 Å². The Labute approximate surface area is 275 Å². The third-order valence-electron chi connectivity index (χ3n) is 9.44. The molecule has 47 heavy (non-hydrogen) atoms. The molecule has 220 valence electrons. The molecule has 0 aliphatic heterocycles. The van der Waals surface area contributed by atoms with E-state index in [9.17, 15) is 0 Å². The SMILES string of the molecule is c1cc(-c2cccc3ccccc23)cc(N(c2cccc3c2sc2ccccc23)c2cccc3oc4c5ccccc5ccc4c23)c1. The summed E-state index contributed by atoms with van der Waals surface area (Å²) in [7, 11) is 0. The molecule has 0 bridgehead atoms. The van der Waals surface area contributed by atoms with E-state index in [0.29, 0.717) is 0 Å². The number of benzene rings is 8. The van der Waals surface area contributed by atoms with Gasteiger partial charge in [0, 0.05) is 31.9 Å². The molecule has 0 radical (unpaired) electrons. The molecular weight excluding hydrogens is 591 g/mol. The summed E-state index contributed by atoms with van der Waals surface area (Å²) in [6.07, 6.45) is 0. The zero-order valence-corrected chi connectivity index (χ0v) is 26.2. The van der Waals surface area contributed by atoms with Crippen molar-refractivity contribution in [3.63, 3.8) is 0 Å². The van der Waals surface area contributed by atoms with E-state index < -0.39 is 0 Å². The van der Waals surface area contributed by atoms with Crippen LogP contribution in [0.2, 0.25) is 0 Å². The maximum Gasteiger partial charge on any atom is 0.143 e. The van der Waals surface area contributed by atoms with Gasteiger partial charge >= 0.3 is 0 Å². The summed E-state index contributed by atoms with van der Waals surface area (Å²) < 4.78 is 9.23. The number of thiophene rings is 1. The average molecular weight is 618 g/mol. The van der Waals surface area contributed by atoms with Crippen molar-refractivity contribution in [1.29, 1.82) is 0 Å². The van der Waals surface area contributed by atoms with Gasteiger partial charge in [0.1, 0.15) is 11.2 Å². The summed E-state index contributed by atoms with van der Waals surface area (Å²) >= 11 is 1.86. The maximum atomic E-state index is 6.68. The van der Waals surface area contributed by atoms with Crippen LogP contribution in [-0.2, 0) is 0 Å². The van der Waals surface area contributed by atoms with E-state index in [-0.39, 0.29) is 0 Å². The average Bonchev–Trinajstić information content (AvgIpc) is 3.72. The van der Waals surface area contributed by atoms with Crippen LogP contribution in [0.25, 0.3) is 74.8 Å². The first-order chi connectivity index (χ1) is 23.3. The molecule has 0 saturated carbocycles.